The third-order valence-electron chi connectivity index (χ3n) is 2.42. The first kappa shape index (κ1) is 14.6. The number of nitrogens with zero attached hydrogens (tertiary/aromatic N) is 2. The number of benzene rings is 1. The molecule has 0 bridgehead atoms. The van der Waals surface area contributed by atoms with Gasteiger partial charge >= 0.3 is 0 Å². The van der Waals surface area contributed by atoms with E-state index in [4.69, 9.17) is 5.26 Å². The summed E-state index contributed by atoms with van der Waals surface area (Å²) in [6.07, 6.45) is 0. The lowest BCUT2D eigenvalue weighted by Crippen LogP contribution is -2.27. The minimum atomic E-state index is -0.485. The zero-order chi connectivity index (χ0) is 13.8. The summed E-state index contributed by atoms with van der Waals surface area (Å²) in [5.74, 6) is 0. The van der Waals surface area contributed by atoms with Crippen LogP contribution in [-0.4, -0.2) is 11.5 Å². The highest BCUT2D eigenvalue weighted by atomic mass is 79.9. The van der Waals surface area contributed by atoms with E-state index in [2.05, 4.69) is 27.3 Å². The van der Waals surface area contributed by atoms with Crippen LogP contribution in [0.5, 0.6) is 0 Å². The zero-order valence-corrected chi connectivity index (χ0v) is 11.8. The van der Waals surface area contributed by atoms with Crippen LogP contribution < -0.4 is 5.32 Å². The third kappa shape index (κ3) is 4.09. The summed E-state index contributed by atoms with van der Waals surface area (Å²) >= 11 is 3.29. The van der Waals surface area contributed by atoms with Crippen molar-refractivity contribution in [3.05, 3.63) is 38.3 Å². The van der Waals surface area contributed by atoms with Crippen molar-refractivity contribution in [2.24, 2.45) is 5.41 Å². The van der Waals surface area contributed by atoms with E-state index >= 15 is 0 Å². The Morgan fingerprint density at radius 1 is 1.56 bits per heavy atom. The molecular formula is C12H14BrN3O2. The molecule has 5 nitrogen and oxygen atoms in total. The molecular weight excluding hydrogens is 298 g/mol. The van der Waals surface area contributed by atoms with E-state index in [0.29, 0.717) is 18.7 Å². The number of hydrogen-bond donors (Lipinski definition) is 1. The summed E-state index contributed by atoms with van der Waals surface area (Å²) in [5, 5.41) is 22.8. The van der Waals surface area contributed by atoms with Crippen LogP contribution in [0.25, 0.3) is 0 Å². The average molecular weight is 312 g/mol. The lowest BCUT2D eigenvalue weighted by Gasteiger charge is -2.15. The molecule has 0 saturated carbocycles. The van der Waals surface area contributed by atoms with Crippen LogP contribution in [0.1, 0.15) is 19.4 Å². The largest absolute Gasteiger partial charge is 0.311 e. The molecule has 1 aromatic carbocycles. The molecule has 0 unspecified atom stereocenters. The summed E-state index contributed by atoms with van der Waals surface area (Å²) in [6, 6.07) is 6.99. The minimum Gasteiger partial charge on any atom is -0.311 e. The second-order valence-corrected chi connectivity index (χ2v) is 5.55. The Hall–Kier alpha value is -1.45. The molecule has 0 aromatic heterocycles. The fraction of sp³-hybridized carbons (Fsp3) is 0.417. The van der Waals surface area contributed by atoms with Crippen LogP contribution in [0, 0.1) is 26.9 Å². The Bertz CT molecular complexity index is 495. The van der Waals surface area contributed by atoms with Crippen molar-refractivity contribution in [1.82, 2.24) is 5.32 Å². The molecule has 6 heteroatoms. The highest BCUT2D eigenvalue weighted by Gasteiger charge is 2.18. The van der Waals surface area contributed by atoms with Crippen LogP contribution in [0.3, 0.4) is 0 Å². The van der Waals surface area contributed by atoms with Gasteiger partial charge < -0.3 is 5.32 Å². The molecule has 1 N–H and O–H groups in total. The van der Waals surface area contributed by atoms with Crippen molar-refractivity contribution in [2.45, 2.75) is 20.4 Å². The maximum Gasteiger partial charge on any atom is 0.273 e. The molecule has 0 aliphatic carbocycles. The molecule has 0 heterocycles. The molecule has 1 rings (SSSR count). The van der Waals surface area contributed by atoms with Crippen LogP contribution in [0.15, 0.2) is 22.7 Å². The second-order valence-electron chi connectivity index (χ2n) is 4.63. The second kappa shape index (κ2) is 5.94. The van der Waals surface area contributed by atoms with Crippen molar-refractivity contribution in [1.29, 1.82) is 5.26 Å². The Kier molecular flexibility index (Phi) is 4.82. The van der Waals surface area contributed by atoms with Gasteiger partial charge in [0, 0.05) is 29.2 Å². The van der Waals surface area contributed by atoms with Crippen molar-refractivity contribution in [3.8, 4) is 6.07 Å². The van der Waals surface area contributed by atoms with Crippen molar-refractivity contribution in [2.75, 3.05) is 6.54 Å². The smallest absolute Gasteiger partial charge is 0.273 e. The Morgan fingerprint density at radius 3 is 2.78 bits per heavy atom. The molecule has 0 saturated heterocycles. The zero-order valence-electron chi connectivity index (χ0n) is 10.2. The number of rotatable bonds is 5. The van der Waals surface area contributed by atoms with Gasteiger partial charge in [-0.05, 0) is 26.0 Å². The fourth-order valence-corrected chi connectivity index (χ4v) is 1.83. The van der Waals surface area contributed by atoms with Crippen molar-refractivity contribution in [3.63, 3.8) is 0 Å². The summed E-state index contributed by atoms with van der Waals surface area (Å²) in [6.45, 7) is 4.47. The summed E-state index contributed by atoms with van der Waals surface area (Å²) < 4.78 is 0.796. The van der Waals surface area contributed by atoms with Crippen LogP contribution in [-0.2, 0) is 6.54 Å². The number of halogens is 1. The predicted octanol–water partition coefficient (Wildman–Crippen LogP) is 3.00. The quantitative estimate of drug-likeness (QED) is 0.669. The van der Waals surface area contributed by atoms with Gasteiger partial charge in [-0.1, -0.05) is 15.9 Å². The van der Waals surface area contributed by atoms with Gasteiger partial charge in [0.1, 0.15) is 0 Å². The molecule has 18 heavy (non-hydrogen) atoms. The number of nitrogens with one attached hydrogen (secondary N) is 1. The molecule has 0 fully saturated rings. The first-order valence-electron chi connectivity index (χ1n) is 5.40. The van der Waals surface area contributed by atoms with Gasteiger partial charge in [-0.3, -0.25) is 10.1 Å². The molecule has 1 aromatic rings. The van der Waals surface area contributed by atoms with Gasteiger partial charge in [0.15, 0.2) is 0 Å². The Morgan fingerprint density at radius 2 is 2.22 bits per heavy atom. The van der Waals surface area contributed by atoms with Crippen molar-refractivity contribution < 1.29 is 4.92 Å². The molecule has 0 radical (unpaired) electrons. The van der Waals surface area contributed by atoms with E-state index < -0.39 is 10.3 Å². The fourth-order valence-electron chi connectivity index (χ4n) is 1.42. The molecule has 0 aliphatic heterocycles. The SMILES string of the molecule is CC(C)(C#N)CNCc1cc(Br)ccc1[N+](=O)[O-]. The number of nitro groups is 1. The van der Waals surface area contributed by atoms with Crippen LogP contribution in [0.4, 0.5) is 5.69 Å². The maximum atomic E-state index is 10.9. The van der Waals surface area contributed by atoms with Gasteiger partial charge in [0.2, 0.25) is 0 Å². The highest BCUT2D eigenvalue weighted by molar-refractivity contribution is 9.10. The van der Waals surface area contributed by atoms with Crippen LogP contribution >= 0.6 is 15.9 Å². The Labute approximate surface area is 114 Å². The normalized spacial score (nSPS) is 11.0. The predicted molar refractivity (Wildman–Crippen MR) is 71.9 cm³/mol. The summed E-state index contributed by atoms with van der Waals surface area (Å²) in [5.41, 5.74) is 0.199. The van der Waals surface area contributed by atoms with Gasteiger partial charge in [-0.15, -0.1) is 0 Å². The van der Waals surface area contributed by atoms with Crippen LogP contribution in [0.2, 0.25) is 0 Å². The number of nitriles is 1. The lowest BCUT2D eigenvalue weighted by molar-refractivity contribution is -0.385. The lowest BCUT2D eigenvalue weighted by atomic mass is 9.96. The first-order valence-corrected chi connectivity index (χ1v) is 6.20. The van der Waals surface area contributed by atoms with Gasteiger partial charge in [-0.25, -0.2) is 0 Å². The topological polar surface area (TPSA) is 79.0 Å². The van der Waals surface area contributed by atoms with E-state index in [1.54, 1.807) is 12.1 Å². The van der Waals surface area contributed by atoms with E-state index in [1.807, 2.05) is 13.8 Å². The van der Waals surface area contributed by atoms with E-state index in [9.17, 15) is 10.1 Å². The minimum absolute atomic E-state index is 0.0838. The molecule has 0 spiro atoms. The van der Waals surface area contributed by atoms with Crippen molar-refractivity contribution >= 4 is 21.6 Å². The van der Waals surface area contributed by atoms with Gasteiger partial charge in [-0.2, -0.15) is 5.26 Å². The summed E-state index contributed by atoms with van der Waals surface area (Å²) in [4.78, 5) is 10.5. The first-order chi connectivity index (χ1) is 8.35. The van der Waals surface area contributed by atoms with Gasteiger partial charge in [0.25, 0.3) is 5.69 Å². The number of hydrogen-bond acceptors (Lipinski definition) is 4. The number of nitro benzene ring substituents is 1. The summed E-state index contributed by atoms with van der Waals surface area (Å²) in [7, 11) is 0. The average Bonchev–Trinajstić information content (AvgIpc) is 2.28. The third-order valence-corrected chi connectivity index (χ3v) is 2.92. The molecule has 0 atom stereocenters. The molecule has 0 amide bonds. The molecule has 96 valence electrons. The highest BCUT2D eigenvalue weighted by Crippen LogP contribution is 2.23. The maximum absolute atomic E-state index is 10.9. The molecule has 0 aliphatic rings. The van der Waals surface area contributed by atoms with Gasteiger partial charge in [0.05, 0.1) is 16.4 Å². The van der Waals surface area contributed by atoms with E-state index in [0.717, 1.165) is 4.47 Å². The Balaban J connectivity index is 2.76. The standard InChI is InChI=1S/C12H14BrN3O2/c1-12(2,7-14)8-15-6-9-5-10(13)3-4-11(9)16(17)18/h3-5,15H,6,8H2,1-2H3. The monoisotopic (exact) mass is 311 g/mol. The van der Waals surface area contributed by atoms with E-state index in [-0.39, 0.29) is 5.69 Å². The van der Waals surface area contributed by atoms with E-state index in [1.165, 1.54) is 6.07 Å².